The van der Waals surface area contributed by atoms with Crippen molar-refractivity contribution in [2.75, 3.05) is 5.32 Å². The second-order valence-electron chi connectivity index (χ2n) is 5.61. The van der Waals surface area contributed by atoms with Crippen molar-refractivity contribution in [3.05, 3.63) is 40.7 Å². The number of anilines is 2. The number of hydrogen-bond acceptors (Lipinski definition) is 2. The van der Waals surface area contributed by atoms with Gasteiger partial charge in [0.15, 0.2) is 0 Å². The number of aryl methyl sites for hydroxylation is 2. The molecule has 1 aliphatic rings. The molecule has 0 spiro atoms. The van der Waals surface area contributed by atoms with Gasteiger partial charge >= 0.3 is 0 Å². The van der Waals surface area contributed by atoms with Crippen LogP contribution in [0.1, 0.15) is 43.0 Å². The van der Waals surface area contributed by atoms with E-state index in [0.717, 1.165) is 27.9 Å². The number of para-hydroxylation sites is 1. The van der Waals surface area contributed by atoms with Crippen LogP contribution in [0.3, 0.4) is 0 Å². The van der Waals surface area contributed by atoms with E-state index in [-0.39, 0.29) is 0 Å². The predicted molar refractivity (Wildman–Crippen MR) is 83.9 cm³/mol. The fourth-order valence-electron chi connectivity index (χ4n) is 2.97. The third-order valence-corrected chi connectivity index (χ3v) is 4.34. The first kappa shape index (κ1) is 13.5. The summed E-state index contributed by atoms with van der Waals surface area (Å²) in [7, 11) is 0. The van der Waals surface area contributed by atoms with Crippen molar-refractivity contribution in [2.45, 2.75) is 45.6 Å². The summed E-state index contributed by atoms with van der Waals surface area (Å²) in [5.41, 5.74) is 3.14. The Hall–Kier alpha value is -1.48. The number of imidazole rings is 1. The molecule has 0 unspecified atom stereocenters. The summed E-state index contributed by atoms with van der Waals surface area (Å²) in [6.07, 6.45) is 7.25. The van der Waals surface area contributed by atoms with Crippen LogP contribution < -0.4 is 5.32 Å². The molecule has 4 heteroatoms. The van der Waals surface area contributed by atoms with Gasteiger partial charge in [-0.15, -0.1) is 0 Å². The first-order valence-corrected chi connectivity index (χ1v) is 7.60. The third kappa shape index (κ3) is 2.55. The van der Waals surface area contributed by atoms with Gasteiger partial charge in [-0.25, -0.2) is 4.98 Å². The number of nitrogens with one attached hydrogen (secondary N) is 1. The molecule has 0 radical (unpaired) electrons. The highest BCUT2D eigenvalue weighted by molar-refractivity contribution is 6.33. The van der Waals surface area contributed by atoms with Crippen LogP contribution in [0, 0.1) is 13.8 Å². The summed E-state index contributed by atoms with van der Waals surface area (Å²) in [5.74, 6) is 0.908. The van der Waals surface area contributed by atoms with Gasteiger partial charge in [0.2, 0.25) is 5.95 Å². The number of benzene rings is 1. The molecule has 20 heavy (non-hydrogen) atoms. The molecule has 0 aliphatic heterocycles. The minimum Gasteiger partial charge on any atom is -0.324 e. The molecule has 1 N–H and O–H groups in total. The van der Waals surface area contributed by atoms with E-state index in [2.05, 4.69) is 34.1 Å². The van der Waals surface area contributed by atoms with Gasteiger partial charge in [-0.2, -0.15) is 0 Å². The lowest BCUT2D eigenvalue weighted by Crippen LogP contribution is -2.08. The molecule has 0 amide bonds. The van der Waals surface area contributed by atoms with Gasteiger partial charge in [-0.3, -0.25) is 0 Å². The van der Waals surface area contributed by atoms with E-state index in [1.807, 2.05) is 19.1 Å². The molecule has 1 saturated carbocycles. The Morgan fingerprint density at radius 1 is 1.25 bits per heavy atom. The quantitative estimate of drug-likeness (QED) is 0.860. The van der Waals surface area contributed by atoms with Crippen LogP contribution in [0.2, 0.25) is 5.02 Å². The molecule has 3 nitrogen and oxygen atoms in total. The maximum Gasteiger partial charge on any atom is 0.207 e. The van der Waals surface area contributed by atoms with Crippen molar-refractivity contribution in [1.29, 1.82) is 0 Å². The van der Waals surface area contributed by atoms with Gasteiger partial charge in [-0.1, -0.05) is 36.6 Å². The molecule has 1 heterocycles. The molecular formula is C16H20ClN3. The highest BCUT2D eigenvalue weighted by Crippen LogP contribution is 2.34. The minimum atomic E-state index is 0.571. The van der Waals surface area contributed by atoms with E-state index >= 15 is 0 Å². The molecule has 2 aromatic rings. The second-order valence-corrected chi connectivity index (χ2v) is 6.02. The predicted octanol–water partition coefficient (Wildman–Crippen LogP) is 5.01. The Morgan fingerprint density at radius 2 is 2.00 bits per heavy atom. The molecule has 1 fully saturated rings. The van der Waals surface area contributed by atoms with Gasteiger partial charge < -0.3 is 9.88 Å². The zero-order valence-electron chi connectivity index (χ0n) is 12.0. The molecule has 0 atom stereocenters. The summed E-state index contributed by atoms with van der Waals surface area (Å²) in [4.78, 5) is 4.63. The van der Waals surface area contributed by atoms with Crippen LogP contribution in [-0.2, 0) is 0 Å². The molecule has 1 aliphatic carbocycles. The van der Waals surface area contributed by atoms with Crippen LogP contribution in [0.15, 0.2) is 24.4 Å². The maximum atomic E-state index is 6.30. The summed E-state index contributed by atoms with van der Waals surface area (Å²) >= 11 is 6.30. The van der Waals surface area contributed by atoms with Crippen molar-refractivity contribution in [3.8, 4) is 0 Å². The van der Waals surface area contributed by atoms with Gasteiger partial charge in [0, 0.05) is 12.2 Å². The molecular weight excluding hydrogens is 270 g/mol. The average Bonchev–Trinajstić information content (AvgIpc) is 3.03. The Kier molecular flexibility index (Phi) is 3.70. The summed E-state index contributed by atoms with van der Waals surface area (Å²) in [5, 5.41) is 4.17. The highest BCUT2D eigenvalue weighted by atomic mass is 35.5. The second kappa shape index (κ2) is 5.49. The Labute approximate surface area is 125 Å². The molecule has 0 bridgehead atoms. The number of aromatic nitrogens is 2. The van der Waals surface area contributed by atoms with Crippen LogP contribution >= 0.6 is 11.6 Å². The zero-order valence-corrected chi connectivity index (χ0v) is 12.7. The van der Waals surface area contributed by atoms with E-state index in [4.69, 9.17) is 11.6 Å². The number of rotatable bonds is 3. The number of hydrogen-bond donors (Lipinski definition) is 1. The molecule has 3 rings (SSSR count). The maximum absolute atomic E-state index is 6.30. The van der Waals surface area contributed by atoms with E-state index in [0.29, 0.717) is 6.04 Å². The third-order valence-electron chi connectivity index (χ3n) is 4.03. The topological polar surface area (TPSA) is 29.9 Å². The lowest BCUT2D eigenvalue weighted by molar-refractivity contribution is 0.524. The molecule has 1 aromatic carbocycles. The fraction of sp³-hybridized carbons (Fsp3) is 0.438. The van der Waals surface area contributed by atoms with Gasteiger partial charge in [-0.05, 0) is 38.3 Å². The van der Waals surface area contributed by atoms with E-state index in [9.17, 15) is 0 Å². The highest BCUT2D eigenvalue weighted by Gasteiger charge is 2.20. The first-order valence-electron chi connectivity index (χ1n) is 7.23. The Balaban J connectivity index is 1.94. The number of halogens is 1. The largest absolute Gasteiger partial charge is 0.324 e. The van der Waals surface area contributed by atoms with E-state index in [1.54, 1.807) is 0 Å². The van der Waals surface area contributed by atoms with Crippen molar-refractivity contribution < 1.29 is 0 Å². The standard InChI is InChI=1S/C16H20ClN3/c1-11-6-5-9-14(17)15(11)19-16-18-12(2)10-20(16)13-7-3-4-8-13/h5-6,9-10,13H,3-4,7-8H2,1-2H3,(H,18,19). The van der Waals surface area contributed by atoms with Crippen molar-refractivity contribution in [3.63, 3.8) is 0 Å². The van der Waals surface area contributed by atoms with E-state index in [1.165, 1.54) is 25.7 Å². The van der Waals surface area contributed by atoms with E-state index < -0.39 is 0 Å². The van der Waals surface area contributed by atoms with Gasteiger partial charge in [0.05, 0.1) is 16.4 Å². The van der Waals surface area contributed by atoms with Crippen molar-refractivity contribution in [2.24, 2.45) is 0 Å². The lowest BCUT2D eigenvalue weighted by atomic mass is 10.2. The number of nitrogens with zero attached hydrogens (tertiary/aromatic N) is 2. The summed E-state index contributed by atoms with van der Waals surface area (Å²) in [6, 6.07) is 6.51. The molecule has 106 valence electrons. The Morgan fingerprint density at radius 3 is 2.70 bits per heavy atom. The van der Waals surface area contributed by atoms with Crippen molar-refractivity contribution in [1.82, 2.24) is 9.55 Å². The van der Waals surface area contributed by atoms with Crippen LogP contribution in [0.5, 0.6) is 0 Å². The van der Waals surface area contributed by atoms with Crippen molar-refractivity contribution >= 4 is 23.2 Å². The molecule has 0 saturated heterocycles. The fourth-order valence-corrected chi connectivity index (χ4v) is 3.24. The minimum absolute atomic E-state index is 0.571. The molecule has 1 aromatic heterocycles. The zero-order chi connectivity index (χ0) is 14.1. The first-order chi connectivity index (χ1) is 9.65. The van der Waals surface area contributed by atoms with Gasteiger partial charge in [0.25, 0.3) is 0 Å². The smallest absolute Gasteiger partial charge is 0.207 e. The van der Waals surface area contributed by atoms with Crippen LogP contribution in [-0.4, -0.2) is 9.55 Å². The Bertz CT molecular complexity index is 592. The normalized spacial score (nSPS) is 15.8. The average molecular weight is 290 g/mol. The van der Waals surface area contributed by atoms with Gasteiger partial charge in [0.1, 0.15) is 0 Å². The summed E-state index contributed by atoms with van der Waals surface area (Å²) in [6.45, 7) is 4.10. The lowest BCUT2D eigenvalue weighted by Gasteiger charge is -2.17. The SMILES string of the molecule is Cc1cn(C2CCCC2)c(Nc2c(C)cccc2Cl)n1. The van der Waals surface area contributed by atoms with Crippen LogP contribution in [0.4, 0.5) is 11.6 Å². The monoisotopic (exact) mass is 289 g/mol. The van der Waals surface area contributed by atoms with Crippen LogP contribution in [0.25, 0.3) is 0 Å². The summed E-state index contributed by atoms with van der Waals surface area (Å²) < 4.78 is 2.28.